The van der Waals surface area contributed by atoms with Gasteiger partial charge in [0.2, 0.25) is 11.8 Å². The quantitative estimate of drug-likeness (QED) is 0.290. The first-order valence-electron chi connectivity index (χ1n) is 10.3. The molecule has 2 amide bonds. The number of benzene rings is 2. The second-order valence-corrected chi connectivity index (χ2v) is 9.52. The van der Waals surface area contributed by atoms with Crippen LogP contribution in [0.2, 0.25) is 10.0 Å². The van der Waals surface area contributed by atoms with Crippen molar-refractivity contribution in [3.8, 4) is 5.75 Å². The van der Waals surface area contributed by atoms with Crippen LogP contribution in [0, 0.1) is 35.5 Å². The summed E-state index contributed by atoms with van der Waals surface area (Å²) in [6, 6.07) is 10.9. The molecular formula is C24H17Cl2NO4. The largest absolute Gasteiger partial charge is 0.423 e. The number of nitrogens with zero attached hydrogens (tertiary/aromatic N) is 1. The third-order valence-corrected chi connectivity index (χ3v) is 7.67. The van der Waals surface area contributed by atoms with Crippen molar-refractivity contribution in [1.82, 2.24) is 0 Å². The van der Waals surface area contributed by atoms with Gasteiger partial charge in [-0.05, 0) is 72.6 Å². The van der Waals surface area contributed by atoms with Crippen molar-refractivity contribution in [2.45, 2.75) is 6.42 Å². The van der Waals surface area contributed by atoms with Crippen LogP contribution in [-0.4, -0.2) is 17.8 Å². The summed E-state index contributed by atoms with van der Waals surface area (Å²) >= 11 is 11.9. The number of hydrogen-bond donors (Lipinski definition) is 0. The molecule has 1 heterocycles. The number of rotatable bonds is 3. The van der Waals surface area contributed by atoms with Crippen LogP contribution in [0.15, 0.2) is 54.6 Å². The third kappa shape index (κ3) is 2.80. The predicted molar refractivity (Wildman–Crippen MR) is 115 cm³/mol. The summed E-state index contributed by atoms with van der Waals surface area (Å²) in [6.45, 7) is 0. The molecule has 7 heteroatoms. The molecule has 0 aromatic heterocycles. The summed E-state index contributed by atoms with van der Waals surface area (Å²) in [7, 11) is 0. The molecule has 4 aliphatic carbocycles. The maximum Gasteiger partial charge on any atom is 0.345 e. The van der Waals surface area contributed by atoms with Crippen LogP contribution in [0.1, 0.15) is 16.8 Å². The second kappa shape index (κ2) is 6.68. The van der Waals surface area contributed by atoms with E-state index < -0.39 is 5.97 Å². The van der Waals surface area contributed by atoms with Crippen molar-refractivity contribution in [1.29, 1.82) is 0 Å². The lowest BCUT2D eigenvalue weighted by atomic mass is 9.63. The van der Waals surface area contributed by atoms with Gasteiger partial charge in [-0.3, -0.25) is 14.5 Å². The van der Waals surface area contributed by atoms with Crippen molar-refractivity contribution >= 4 is 46.7 Å². The molecule has 2 aromatic rings. The van der Waals surface area contributed by atoms with Gasteiger partial charge in [-0.2, -0.15) is 0 Å². The maximum absolute atomic E-state index is 13.2. The molecule has 3 fully saturated rings. The van der Waals surface area contributed by atoms with E-state index in [1.165, 1.54) is 17.0 Å². The Kier molecular flexibility index (Phi) is 4.11. The number of carbonyl (C=O) groups excluding carboxylic acids is 3. The monoisotopic (exact) mass is 453 g/mol. The predicted octanol–water partition coefficient (Wildman–Crippen LogP) is 4.77. The Morgan fingerprint density at radius 1 is 0.903 bits per heavy atom. The van der Waals surface area contributed by atoms with E-state index in [-0.39, 0.29) is 46.1 Å². The first kappa shape index (κ1) is 19.1. The molecule has 5 nitrogen and oxygen atoms in total. The first-order valence-corrected chi connectivity index (χ1v) is 11.0. The van der Waals surface area contributed by atoms with Crippen LogP contribution < -0.4 is 9.64 Å². The summed E-state index contributed by atoms with van der Waals surface area (Å²) in [4.78, 5) is 40.1. The number of amides is 2. The zero-order chi connectivity index (χ0) is 21.4. The Hall–Kier alpha value is -2.63. The molecule has 31 heavy (non-hydrogen) atoms. The molecule has 7 rings (SSSR count). The Bertz CT molecular complexity index is 1140. The minimum absolute atomic E-state index is 0.114. The van der Waals surface area contributed by atoms with E-state index in [0.29, 0.717) is 28.3 Å². The second-order valence-electron chi connectivity index (χ2n) is 8.67. The van der Waals surface area contributed by atoms with Gasteiger partial charge in [0.15, 0.2) is 0 Å². The van der Waals surface area contributed by atoms with Gasteiger partial charge in [0.1, 0.15) is 5.75 Å². The molecular weight excluding hydrogens is 437 g/mol. The van der Waals surface area contributed by atoms with E-state index in [2.05, 4.69) is 12.2 Å². The average molecular weight is 454 g/mol. The molecule has 2 saturated carbocycles. The molecule has 0 radical (unpaired) electrons. The third-order valence-electron chi connectivity index (χ3n) is 7.12. The number of ether oxygens (including phenoxy) is 1. The van der Waals surface area contributed by atoms with E-state index in [1.807, 2.05) is 0 Å². The van der Waals surface area contributed by atoms with Crippen molar-refractivity contribution in [3.63, 3.8) is 0 Å². The normalized spacial score (nSPS) is 32.1. The van der Waals surface area contributed by atoms with Crippen molar-refractivity contribution < 1.29 is 19.1 Å². The highest BCUT2D eigenvalue weighted by molar-refractivity contribution is 6.36. The minimum Gasteiger partial charge on any atom is -0.423 e. The fraction of sp³-hybridized carbons (Fsp3) is 0.292. The van der Waals surface area contributed by atoms with Gasteiger partial charge >= 0.3 is 5.97 Å². The molecule has 156 valence electrons. The highest BCUT2D eigenvalue weighted by atomic mass is 35.5. The number of esters is 1. The molecule has 1 aliphatic heterocycles. The highest BCUT2D eigenvalue weighted by Gasteiger charge is 2.67. The van der Waals surface area contributed by atoms with Crippen molar-refractivity contribution in [3.05, 3.63) is 70.2 Å². The Morgan fingerprint density at radius 2 is 1.52 bits per heavy atom. The highest BCUT2D eigenvalue weighted by Crippen LogP contribution is 2.65. The fourth-order valence-corrected chi connectivity index (χ4v) is 6.18. The minimum atomic E-state index is -0.615. The number of anilines is 1. The number of imide groups is 1. The van der Waals surface area contributed by atoms with Gasteiger partial charge in [-0.15, -0.1) is 0 Å². The Balaban J connectivity index is 1.22. The molecule has 6 atom stereocenters. The number of allylic oxidation sites excluding steroid dienone is 2. The molecule has 5 aliphatic rings. The van der Waals surface area contributed by atoms with Crippen molar-refractivity contribution in [2.75, 3.05) is 4.90 Å². The first-order chi connectivity index (χ1) is 14.9. The van der Waals surface area contributed by atoms with Gasteiger partial charge in [-0.25, -0.2) is 4.79 Å². The van der Waals surface area contributed by atoms with Crippen LogP contribution in [0.4, 0.5) is 5.69 Å². The number of carbonyl (C=O) groups is 3. The molecule has 1 saturated heterocycles. The molecule has 0 N–H and O–H groups in total. The van der Waals surface area contributed by atoms with Gasteiger partial charge < -0.3 is 4.74 Å². The number of hydrogen-bond acceptors (Lipinski definition) is 4. The lowest BCUT2D eigenvalue weighted by Gasteiger charge is -2.37. The van der Waals surface area contributed by atoms with Crippen LogP contribution in [-0.2, 0) is 9.59 Å². The summed E-state index contributed by atoms with van der Waals surface area (Å²) in [5, 5.41) is 0.624. The SMILES string of the molecule is O=C(Oc1ccc(N2C(=O)[C@@H]3[C@H]4C=C[C@@H]([C@@H]5C[C@@H]45)[C@@H]3C2=O)cc1)c1ccc(Cl)cc1Cl. The lowest BCUT2D eigenvalue weighted by Crippen LogP contribution is -2.40. The molecule has 0 spiro atoms. The van der Waals surface area contributed by atoms with Crippen LogP contribution in [0.5, 0.6) is 5.75 Å². The van der Waals surface area contributed by atoms with Crippen LogP contribution >= 0.6 is 23.2 Å². The van der Waals surface area contributed by atoms with Gasteiger partial charge in [0.05, 0.1) is 28.1 Å². The van der Waals surface area contributed by atoms with E-state index >= 15 is 0 Å². The fourth-order valence-electron chi connectivity index (χ4n) is 5.69. The Labute approximate surface area is 188 Å². The van der Waals surface area contributed by atoms with E-state index in [9.17, 15) is 14.4 Å². The average Bonchev–Trinajstić information content (AvgIpc) is 3.52. The summed E-state index contributed by atoms with van der Waals surface area (Å²) < 4.78 is 5.39. The van der Waals surface area contributed by atoms with Gasteiger partial charge in [0.25, 0.3) is 0 Å². The van der Waals surface area contributed by atoms with Gasteiger partial charge in [-0.1, -0.05) is 35.4 Å². The zero-order valence-corrected chi connectivity index (χ0v) is 17.7. The van der Waals surface area contributed by atoms with Gasteiger partial charge in [0, 0.05) is 5.02 Å². The number of halogens is 2. The summed E-state index contributed by atoms with van der Waals surface area (Å²) in [5.74, 6) is 0.469. The standard InChI is InChI=1S/C24H17Cl2NO4/c25-11-1-6-16(19(26)9-11)24(30)31-13-4-2-12(3-5-13)27-22(28)20-14-7-8-15(18-10-17(14)18)21(20)23(27)29/h1-9,14-15,17-18,20-21H,10H2/t14-,15-,17-,18-,20-,21+/m0/s1. The van der Waals surface area contributed by atoms with Crippen LogP contribution in [0.25, 0.3) is 0 Å². The summed E-state index contributed by atoms with van der Waals surface area (Å²) in [6.07, 6.45) is 5.44. The van der Waals surface area contributed by atoms with Crippen molar-refractivity contribution in [2.24, 2.45) is 35.5 Å². The van der Waals surface area contributed by atoms with E-state index in [1.54, 1.807) is 30.3 Å². The smallest absolute Gasteiger partial charge is 0.345 e. The van der Waals surface area contributed by atoms with Crippen LogP contribution in [0.3, 0.4) is 0 Å². The molecule has 0 unspecified atom stereocenters. The Morgan fingerprint density at radius 3 is 2.10 bits per heavy atom. The topological polar surface area (TPSA) is 63.7 Å². The zero-order valence-electron chi connectivity index (χ0n) is 16.2. The molecule has 2 aromatic carbocycles. The van der Waals surface area contributed by atoms with E-state index in [0.717, 1.165) is 6.42 Å². The van der Waals surface area contributed by atoms with E-state index in [4.69, 9.17) is 27.9 Å². The summed E-state index contributed by atoms with van der Waals surface area (Å²) in [5.41, 5.74) is 0.701. The molecule has 2 bridgehead atoms. The maximum atomic E-state index is 13.2. The lowest BCUT2D eigenvalue weighted by molar-refractivity contribution is -0.124.